The van der Waals surface area contributed by atoms with Crippen molar-refractivity contribution in [3.05, 3.63) is 0 Å². The molecule has 4 heteroatoms. The maximum absolute atomic E-state index is 9.90. The van der Waals surface area contributed by atoms with Gasteiger partial charge in [-0.25, -0.2) is 0 Å². The van der Waals surface area contributed by atoms with Gasteiger partial charge in [-0.15, -0.1) is 0 Å². The van der Waals surface area contributed by atoms with Crippen LogP contribution in [0.5, 0.6) is 0 Å². The monoisotopic (exact) mass is 186 g/mol. The summed E-state index contributed by atoms with van der Waals surface area (Å²) in [5.41, 5.74) is -1.35. The van der Waals surface area contributed by atoms with Crippen LogP contribution in [0.25, 0.3) is 0 Å². The zero-order chi connectivity index (χ0) is 10.5. The molecule has 0 saturated carbocycles. The van der Waals surface area contributed by atoms with Crippen molar-refractivity contribution in [2.24, 2.45) is 5.92 Å². The smallest absolute Gasteiger partial charge is 0.101 e. The highest BCUT2D eigenvalue weighted by Gasteiger charge is 2.35. The van der Waals surface area contributed by atoms with E-state index in [0.717, 1.165) is 12.4 Å². The number of nitrogens with one attached hydrogen (secondary N) is 2. The second-order valence-corrected chi connectivity index (χ2v) is 3.61. The lowest BCUT2D eigenvalue weighted by molar-refractivity contribution is -0.0839. The molecule has 4 N–H and O–H groups in total. The van der Waals surface area contributed by atoms with Gasteiger partial charge in [-0.3, -0.25) is 0 Å². The van der Waals surface area contributed by atoms with E-state index in [-0.39, 0.29) is 18.8 Å². The number of aliphatic hydroxyl groups excluding tert-OH is 1. The first-order valence-corrected chi connectivity index (χ1v) is 4.36. The van der Waals surface area contributed by atoms with Crippen LogP contribution in [0.1, 0.15) is 26.7 Å². The molecule has 0 aliphatic carbocycles. The van der Waals surface area contributed by atoms with Gasteiger partial charge in [0.25, 0.3) is 0 Å². The van der Waals surface area contributed by atoms with E-state index in [9.17, 15) is 10.2 Å². The van der Waals surface area contributed by atoms with E-state index < -0.39 is 11.7 Å². The average molecular weight is 186 g/mol. The molecule has 0 aliphatic rings. The highest BCUT2D eigenvalue weighted by Crippen LogP contribution is 2.23. The minimum absolute atomic E-state index is 0.0788. The molecule has 0 aromatic carbocycles. The Kier molecular flexibility index (Phi) is 4.80. The summed E-state index contributed by atoms with van der Waals surface area (Å²) in [6.45, 7) is 3.59. The number of aliphatic hydroxyl groups is 2. The molecule has 0 aromatic heterocycles. The molecule has 0 amide bonds. The topological polar surface area (TPSA) is 88.2 Å². The van der Waals surface area contributed by atoms with Gasteiger partial charge < -0.3 is 21.0 Å². The van der Waals surface area contributed by atoms with Crippen LogP contribution in [0.15, 0.2) is 0 Å². The van der Waals surface area contributed by atoms with Gasteiger partial charge in [-0.1, -0.05) is 13.8 Å². The lowest BCUT2D eigenvalue weighted by Gasteiger charge is -2.33. The van der Waals surface area contributed by atoms with Crippen molar-refractivity contribution in [3.63, 3.8) is 0 Å². The Morgan fingerprint density at radius 1 is 1.23 bits per heavy atom. The largest absolute Gasteiger partial charge is 0.390 e. The predicted octanol–water partition coefficient (Wildman–Crippen LogP) is 0.814. The first kappa shape index (κ1) is 12.3. The van der Waals surface area contributed by atoms with Gasteiger partial charge in [0.1, 0.15) is 5.60 Å². The van der Waals surface area contributed by atoms with E-state index in [4.69, 9.17) is 10.8 Å². The second-order valence-electron chi connectivity index (χ2n) is 3.61. The van der Waals surface area contributed by atoms with Crippen LogP contribution < -0.4 is 0 Å². The van der Waals surface area contributed by atoms with Crippen molar-refractivity contribution >= 4 is 12.4 Å². The third kappa shape index (κ3) is 3.24. The molecule has 4 nitrogen and oxygen atoms in total. The summed E-state index contributed by atoms with van der Waals surface area (Å²) in [6.07, 6.45) is 1.41. The number of hydrogen-bond donors (Lipinski definition) is 4. The van der Waals surface area contributed by atoms with Crippen molar-refractivity contribution in [1.82, 2.24) is 0 Å². The minimum Gasteiger partial charge on any atom is -0.390 e. The Bertz CT molecular complexity index is 170. The third-order valence-electron chi connectivity index (χ3n) is 2.09. The fourth-order valence-corrected chi connectivity index (χ4v) is 1.30. The zero-order valence-corrected chi connectivity index (χ0v) is 8.12. The van der Waals surface area contributed by atoms with Gasteiger partial charge in [0.2, 0.25) is 0 Å². The first-order valence-electron chi connectivity index (χ1n) is 4.36. The highest BCUT2D eigenvalue weighted by molar-refractivity contribution is 5.60. The van der Waals surface area contributed by atoms with E-state index >= 15 is 0 Å². The molecule has 0 aromatic rings. The molecule has 1 atom stereocenters. The first-order chi connectivity index (χ1) is 5.98. The maximum atomic E-state index is 9.90. The fourth-order valence-electron chi connectivity index (χ4n) is 1.30. The highest BCUT2D eigenvalue weighted by atomic mass is 16.3. The van der Waals surface area contributed by atoms with Crippen LogP contribution in [0.3, 0.4) is 0 Å². The van der Waals surface area contributed by atoms with E-state index in [1.165, 1.54) is 0 Å². The van der Waals surface area contributed by atoms with Crippen LogP contribution >= 0.6 is 0 Å². The van der Waals surface area contributed by atoms with Crippen molar-refractivity contribution < 1.29 is 10.2 Å². The fraction of sp³-hybridized carbons (Fsp3) is 0.778. The van der Waals surface area contributed by atoms with Gasteiger partial charge in [0, 0.05) is 12.8 Å². The summed E-state index contributed by atoms with van der Waals surface area (Å²) < 4.78 is 0. The van der Waals surface area contributed by atoms with Gasteiger partial charge in [-0.2, -0.15) is 0 Å². The Morgan fingerprint density at radius 2 is 1.62 bits per heavy atom. The number of hydrogen-bond acceptors (Lipinski definition) is 4. The normalized spacial score (nSPS) is 17.9. The Balaban J connectivity index is 4.54. The van der Waals surface area contributed by atoms with Crippen LogP contribution in [0.4, 0.5) is 0 Å². The Morgan fingerprint density at radius 3 is 1.85 bits per heavy atom. The van der Waals surface area contributed by atoms with Gasteiger partial charge in [-0.05, 0) is 18.3 Å². The maximum Gasteiger partial charge on any atom is 0.101 e. The van der Waals surface area contributed by atoms with E-state index in [0.29, 0.717) is 0 Å². The van der Waals surface area contributed by atoms with Crippen LogP contribution in [-0.2, 0) is 0 Å². The molecule has 0 bridgehead atoms. The lowest BCUT2D eigenvalue weighted by Crippen LogP contribution is -2.45. The van der Waals surface area contributed by atoms with E-state index in [2.05, 4.69) is 0 Å². The average Bonchev–Trinajstić information content (AvgIpc) is 2.03. The van der Waals surface area contributed by atoms with Crippen molar-refractivity contribution in [1.29, 1.82) is 10.8 Å². The molecule has 0 fully saturated rings. The molecular weight excluding hydrogens is 168 g/mol. The van der Waals surface area contributed by atoms with Crippen LogP contribution in [0, 0.1) is 16.7 Å². The third-order valence-corrected chi connectivity index (χ3v) is 2.09. The predicted molar refractivity (Wildman–Crippen MR) is 52.6 cm³/mol. The van der Waals surface area contributed by atoms with Gasteiger partial charge in [0.15, 0.2) is 0 Å². The molecule has 0 rings (SSSR count). The summed E-state index contributed by atoms with van der Waals surface area (Å²) >= 11 is 0. The number of rotatable bonds is 6. The lowest BCUT2D eigenvalue weighted by atomic mass is 9.84. The molecule has 0 radical (unpaired) electrons. The molecule has 0 unspecified atom stereocenters. The Labute approximate surface area is 78.6 Å². The summed E-state index contributed by atoms with van der Waals surface area (Å²) in [5, 5.41) is 33.3. The summed E-state index contributed by atoms with van der Waals surface area (Å²) in [6, 6.07) is 0. The SMILES string of the molecule is CC(C)[C@@H](O)C(O)(CC=N)CC=N. The van der Waals surface area contributed by atoms with Gasteiger partial charge >= 0.3 is 0 Å². The van der Waals surface area contributed by atoms with Crippen LogP contribution in [-0.4, -0.2) is 34.3 Å². The molecule has 0 aliphatic heterocycles. The summed E-state index contributed by atoms with van der Waals surface area (Å²) in [4.78, 5) is 0. The quantitative estimate of drug-likeness (QED) is 0.463. The van der Waals surface area contributed by atoms with Crippen molar-refractivity contribution in [2.45, 2.75) is 38.4 Å². The minimum atomic E-state index is -1.35. The summed E-state index contributed by atoms with van der Waals surface area (Å²) in [7, 11) is 0. The van der Waals surface area contributed by atoms with E-state index in [1.54, 1.807) is 13.8 Å². The zero-order valence-electron chi connectivity index (χ0n) is 8.12. The molecule has 76 valence electrons. The molecule has 0 spiro atoms. The molecule has 13 heavy (non-hydrogen) atoms. The molecule has 0 heterocycles. The molecular formula is C9H18N2O2. The van der Waals surface area contributed by atoms with Crippen molar-refractivity contribution in [3.8, 4) is 0 Å². The van der Waals surface area contributed by atoms with Gasteiger partial charge in [0.05, 0.1) is 6.10 Å². The van der Waals surface area contributed by atoms with Crippen LogP contribution in [0.2, 0.25) is 0 Å². The van der Waals surface area contributed by atoms with Crippen molar-refractivity contribution in [2.75, 3.05) is 0 Å². The standard InChI is InChI=1S/C9H18N2O2/c1-7(2)8(12)9(13,3-5-10)4-6-11/h5-8,10-13H,3-4H2,1-2H3/t8-,9?/m1/s1. The Hall–Kier alpha value is -0.740. The summed E-state index contributed by atoms with van der Waals surface area (Å²) in [5.74, 6) is -0.0788. The molecule has 0 saturated heterocycles. The van der Waals surface area contributed by atoms with E-state index in [1.807, 2.05) is 0 Å². The second kappa shape index (κ2) is 5.09.